The van der Waals surface area contributed by atoms with Crippen molar-refractivity contribution in [2.24, 2.45) is 0 Å². The topological polar surface area (TPSA) is 86.1 Å². The van der Waals surface area contributed by atoms with Crippen molar-refractivity contribution in [1.29, 1.82) is 0 Å². The summed E-state index contributed by atoms with van der Waals surface area (Å²) in [6.07, 6.45) is 0.800. The molecule has 24 heavy (non-hydrogen) atoms. The molecule has 0 spiro atoms. The van der Waals surface area contributed by atoms with Gasteiger partial charge in [-0.05, 0) is 25.1 Å². The number of hydrogen-bond donors (Lipinski definition) is 1. The van der Waals surface area contributed by atoms with E-state index < -0.39 is 5.97 Å². The summed E-state index contributed by atoms with van der Waals surface area (Å²) in [5.41, 5.74) is 0.941. The summed E-state index contributed by atoms with van der Waals surface area (Å²) in [6.45, 7) is 4.80. The maximum Gasteiger partial charge on any atom is 0.337 e. The van der Waals surface area contributed by atoms with Crippen LogP contribution in [0.5, 0.6) is 0 Å². The van der Waals surface area contributed by atoms with Gasteiger partial charge in [-0.3, -0.25) is 4.79 Å². The minimum atomic E-state index is -0.441. The van der Waals surface area contributed by atoms with Gasteiger partial charge in [-0.2, -0.15) is 0 Å². The number of rotatable bonds is 7. The number of carbonyl (C=O) groups excluding carboxylic acids is 2. The van der Waals surface area contributed by atoms with Crippen LogP contribution in [0.3, 0.4) is 0 Å². The van der Waals surface area contributed by atoms with Gasteiger partial charge in [-0.1, -0.05) is 24.8 Å². The predicted octanol–water partition coefficient (Wildman–Crippen LogP) is 2.38. The number of carbonyl (C=O) groups is 2. The smallest absolute Gasteiger partial charge is 0.337 e. The highest BCUT2D eigenvalue weighted by molar-refractivity contribution is 7.99. The number of nitrogens with one attached hydrogen (secondary N) is 1. The summed E-state index contributed by atoms with van der Waals surface area (Å²) in [6, 6.07) is 6.62. The number of hydrogen-bond acceptors (Lipinski definition) is 6. The fourth-order valence-electron chi connectivity index (χ4n) is 2.17. The molecule has 1 amide bonds. The number of amides is 1. The number of thioether (sulfide) groups is 1. The second-order valence-corrected chi connectivity index (χ2v) is 5.85. The zero-order valence-electron chi connectivity index (χ0n) is 13.9. The molecule has 2 aromatic rings. The Labute approximate surface area is 144 Å². The Hall–Kier alpha value is -2.35. The molecular formula is C16H20N4O3S. The SMILES string of the molecule is CCc1nnc(SCC(=O)Nc2cccc(C(=O)OC)c2)n1CC. The Morgan fingerprint density at radius 2 is 2.08 bits per heavy atom. The fourth-order valence-corrected chi connectivity index (χ4v) is 3.00. The molecule has 2 rings (SSSR count). The van der Waals surface area contributed by atoms with Crippen LogP contribution in [-0.4, -0.2) is 39.5 Å². The molecule has 8 heteroatoms. The van der Waals surface area contributed by atoms with Crippen LogP contribution in [0.4, 0.5) is 5.69 Å². The van der Waals surface area contributed by atoms with Gasteiger partial charge in [0, 0.05) is 18.7 Å². The Morgan fingerprint density at radius 3 is 2.75 bits per heavy atom. The van der Waals surface area contributed by atoms with Gasteiger partial charge in [0.1, 0.15) is 5.82 Å². The predicted molar refractivity (Wildman–Crippen MR) is 92.2 cm³/mol. The van der Waals surface area contributed by atoms with Crippen molar-refractivity contribution in [1.82, 2.24) is 14.8 Å². The van der Waals surface area contributed by atoms with Crippen LogP contribution in [0.1, 0.15) is 30.0 Å². The normalized spacial score (nSPS) is 10.5. The van der Waals surface area contributed by atoms with Crippen LogP contribution >= 0.6 is 11.8 Å². The van der Waals surface area contributed by atoms with E-state index in [1.165, 1.54) is 18.9 Å². The van der Waals surface area contributed by atoms with Gasteiger partial charge in [-0.25, -0.2) is 4.79 Å². The summed E-state index contributed by atoms with van der Waals surface area (Å²) in [5.74, 6) is 0.505. The van der Waals surface area contributed by atoms with E-state index in [0.717, 1.165) is 23.9 Å². The summed E-state index contributed by atoms with van der Waals surface area (Å²) >= 11 is 1.34. The molecule has 0 unspecified atom stereocenters. The lowest BCUT2D eigenvalue weighted by atomic mass is 10.2. The van der Waals surface area contributed by atoms with Crippen LogP contribution in [0, 0.1) is 0 Å². The van der Waals surface area contributed by atoms with E-state index in [4.69, 9.17) is 0 Å². The average Bonchev–Trinajstić information content (AvgIpc) is 3.01. The van der Waals surface area contributed by atoms with Crippen molar-refractivity contribution in [3.63, 3.8) is 0 Å². The third-order valence-electron chi connectivity index (χ3n) is 3.33. The van der Waals surface area contributed by atoms with Gasteiger partial charge in [0.05, 0.1) is 18.4 Å². The van der Waals surface area contributed by atoms with Crippen LogP contribution in [0.15, 0.2) is 29.4 Å². The van der Waals surface area contributed by atoms with Crippen molar-refractivity contribution < 1.29 is 14.3 Å². The molecule has 0 fully saturated rings. The van der Waals surface area contributed by atoms with Crippen LogP contribution in [0.2, 0.25) is 0 Å². The second kappa shape index (κ2) is 8.49. The quantitative estimate of drug-likeness (QED) is 0.611. The van der Waals surface area contributed by atoms with E-state index in [9.17, 15) is 9.59 Å². The number of aromatic nitrogens is 3. The first kappa shape index (κ1) is 18.0. The van der Waals surface area contributed by atoms with E-state index in [0.29, 0.717) is 11.3 Å². The number of benzene rings is 1. The second-order valence-electron chi connectivity index (χ2n) is 4.91. The number of aryl methyl sites for hydroxylation is 1. The van der Waals surface area contributed by atoms with Crippen molar-refractivity contribution >= 4 is 29.3 Å². The van der Waals surface area contributed by atoms with Gasteiger partial charge in [-0.15, -0.1) is 10.2 Å². The molecule has 0 aliphatic heterocycles. The molecule has 0 aliphatic carbocycles. The molecule has 1 heterocycles. The molecule has 0 aliphatic rings. The van der Waals surface area contributed by atoms with Gasteiger partial charge in [0.15, 0.2) is 5.16 Å². The Morgan fingerprint density at radius 1 is 1.29 bits per heavy atom. The van der Waals surface area contributed by atoms with Crippen molar-refractivity contribution in [2.75, 3.05) is 18.2 Å². The highest BCUT2D eigenvalue weighted by Gasteiger charge is 2.12. The van der Waals surface area contributed by atoms with E-state index in [2.05, 4.69) is 20.3 Å². The lowest BCUT2D eigenvalue weighted by Gasteiger charge is -2.08. The number of anilines is 1. The number of ether oxygens (including phenoxy) is 1. The van der Waals surface area contributed by atoms with Crippen LogP contribution < -0.4 is 5.32 Å². The maximum atomic E-state index is 12.1. The van der Waals surface area contributed by atoms with E-state index in [1.54, 1.807) is 24.3 Å². The highest BCUT2D eigenvalue weighted by Crippen LogP contribution is 2.18. The molecule has 1 N–H and O–H groups in total. The number of esters is 1. The van der Waals surface area contributed by atoms with Gasteiger partial charge in [0.2, 0.25) is 5.91 Å². The summed E-state index contributed by atoms with van der Waals surface area (Å²) < 4.78 is 6.66. The van der Waals surface area contributed by atoms with Crippen molar-refractivity contribution in [2.45, 2.75) is 32.0 Å². The van der Waals surface area contributed by atoms with Crippen molar-refractivity contribution in [3.05, 3.63) is 35.7 Å². The first-order valence-corrected chi connectivity index (χ1v) is 8.60. The molecule has 1 aromatic carbocycles. The van der Waals surface area contributed by atoms with E-state index >= 15 is 0 Å². The zero-order chi connectivity index (χ0) is 17.5. The Bertz CT molecular complexity index is 730. The third-order valence-corrected chi connectivity index (χ3v) is 4.29. The molecular weight excluding hydrogens is 328 g/mol. The van der Waals surface area contributed by atoms with Gasteiger partial charge >= 0.3 is 5.97 Å². The molecule has 128 valence electrons. The molecule has 0 atom stereocenters. The Kier molecular flexibility index (Phi) is 6.36. The first-order chi connectivity index (χ1) is 11.6. The van der Waals surface area contributed by atoms with E-state index in [1.807, 2.05) is 18.4 Å². The summed E-state index contributed by atoms with van der Waals surface area (Å²) in [5, 5.41) is 11.7. The van der Waals surface area contributed by atoms with E-state index in [-0.39, 0.29) is 11.7 Å². The summed E-state index contributed by atoms with van der Waals surface area (Å²) in [4.78, 5) is 23.6. The average molecular weight is 348 g/mol. The lowest BCUT2D eigenvalue weighted by molar-refractivity contribution is -0.113. The monoisotopic (exact) mass is 348 g/mol. The molecule has 7 nitrogen and oxygen atoms in total. The summed E-state index contributed by atoms with van der Waals surface area (Å²) in [7, 11) is 1.32. The van der Waals surface area contributed by atoms with Gasteiger partial charge in [0.25, 0.3) is 0 Å². The zero-order valence-corrected chi connectivity index (χ0v) is 14.7. The minimum Gasteiger partial charge on any atom is -0.465 e. The maximum absolute atomic E-state index is 12.1. The molecule has 0 saturated heterocycles. The molecule has 1 aromatic heterocycles. The molecule has 0 bridgehead atoms. The van der Waals surface area contributed by atoms with Crippen molar-refractivity contribution in [3.8, 4) is 0 Å². The molecule has 0 saturated carbocycles. The van der Waals surface area contributed by atoms with Crippen LogP contribution in [0.25, 0.3) is 0 Å². The number of nitrogens with zero attached hydrogens (tertiary/aromatic N) is 3. The lowest BCUT2D eigenvalue weighted by Crippen LogP contribution is -2.15. The fraction of sp³-hybridized carbons (Fsp3) is 0.375. The van der Waals surface area contributed by atoms with Crippen LogP contribution in [-0.2, 0) is 22.5 Å². The molecule has 0 radical (unpaired) electrons. The third kappa shape index (κ3) is 4.35. The largest absolute Gasteiger partial charge is 0.465 e. The minimum absolute atomic E-state index is 0.175. The Balaban J connectivity index is 1.97. The number of methoxy groups -OCH3 is 1. The highest BCUT2D eigenvalue weighted by atomic mass is 32.2. The van der Waals surface area contributed by atoms with Gasteiger partial charge < -0.3 is 14.6 Å². The standard InChI is InChI=1S/C16H20N4O3S/c1-4-13-18-19-16(20(13)5-2)24-10-14(21)17-12-8-6-7-11(9-12)15(22)23-3/h6-9H,4-5,10H2,1-3H3,(H,17,21). The first-order valence-electron chi connectivity index (χ1n) is 7.62.